The molecule has 0 aromatic rings. The van der Waals surface area contributed by atoms with Crippen LogP contribution in [0.3, 0.4) is 0 Å². The van der Waals surface area contributed by atoms with E-state index in [1.54, 1.807) is 0 Å². The van der Waals surface area contributed by atoms with E-state index in [2.05, 4.69) is 26.0 Å². The highest BCUT2D eigenvalue weighted by molar-refractivity contribution is 5.83. The molecule has 4 aliphatic carbocycles. The molecule has 132 valence electrons. The Kier molecular flexibility index (Phi) is 3.71. The van der Waals surface area contributed by atoms with Gasteiger partial charge in [0.25, 0.3) is 0 Å². The number of allylic oxidation sites excluding steroid dienone is 2. The third-order valence-corrected chi connectivity index (χ3v) is 8.22. The first-order valence-corrected chi connectivity index (χ1v) is 9.71. The maximum atomic E-state index is 12.9. The minimum absolute atomic E-state index is 0.0489. The molecule has 0 N–H and O–H groups in total. The van der Waals surface area contributed by atoms with Gasteiger partial charge in [-0.25, -0.2) is 0 Å². The van der Waals surface area contributed by atoms with Gasteiger partial charge in [-0.1, -0.05) is 26.0 Å². The van der Waals surface area contributed by atoms with Crippen molar-refractivity contribution in [2.75, 3.05) is 0 Å². The molecule has 0 unspecified atom stereocenters. The lowest BCUT2D eigenvalue weighted by Gasteiger charge is -2.58. The molecule has 3 nitrogen and oxygen atoms in total. The van der Waals surface area contributed by atoms with Crippen LogP contribution in [0.2, 0.25) is 0 Å². The molecule has 4 aliphatic rings. The van der Waals surface area contributed by atoms with E-state index in [-0.39, 0.29) is 28.8 Å². The Morgan fingerprint density at radius 2 is 1.88 bits per heavy atom. The van der Waals surface area contributed by atoms with Gasteiger partial charge in [0.2, 0.25) is 0 Å². The van der Waals surface area contributed by atoms with Gasteiger partial charge in [-0.3, -0.25) is 9.59 Å². The van der Waals surface area contributed by atoms with Gasteiger partial charge in [0.15, 0.2) is 0 Å². The number of ether oxygens (including phenoxy) is 1. The average molecular weight is 330 g/mol. The lowest BCUT2D eigenvalue weighted by atomic mass is 9.45. The molecule has 0 aliphatic heterocycles. The first-order valence-electron chi connectivity index (χ1n) is 9.71. The minimum atomic E-state index is -0.159. The number of hydrogen-bond donors (Lipinski definition) is 0. The maximum Gasteiger partial charge on any atom is 0.302 e. The summed E-state index contributed by atoms with van der Waals surface area (Å²) in [5, 5.41) is 0. The number of Topliss-reactive ketones (excluding diaryl/α,β-unsaturated/α-hetero) is 1. The molecule has 0 spiro atoms. The number of fused-ring (bicyclic) bond motifs is 5. The van der Waals surface area contributed by atoms with E-state index < -0.39 is 0 Å². The van der Waals surface area contributed by atoms with Crippen molar-refractivity contribution in [1.29, 1.82) is 0 Å². The first kappa shape index (κ1) is 16.4. The molecular formula is C21H30O3. The van der Waals surface area contributed by atoms with Crippen LogP contribution in [-0.4, -0.2) is 17.9 Å². The van der Waals surface area contributed by atoms with E-state index in [0.717, 1.165) is 38.5 Å². The molecule has 0 aromatic carbocycles. The molecule has 0 amide bonds. The summed E-state index contributed by atoms with van der Waals surface area (Å²) in [6, 6.07) is 0. The van der Waals surface area contributed by atoms with Crippen LogP contribution in [-0.2, 0) is 14.3 Å². The quantitative estimate of drug-likeness (QED) is 0.531. The number of carbonyl (C=O) groups excluding carboxylic acids is 2. The lowest BCUT2D eigenvalue weighted by molar-refractivity contribution is -0.164. The van der Waals surface area contributed by atoms with E-state index in [0.29, 0.717) is 23.5 Å². The molecule has 3 saturated carbocycles. The largest absolute Gasteiger partial charge is 0.462 e. The van der Waals surface area contributed by atoms with Gasteiger partial charge >= 0.3 is 5.97 Å². The number of esters is 1. The van der Waals surface area contributed by atoms with Crippen LogP contribution in [0.1, 0.15) is 65.7 Å². The summed E-state index contributed by atoms with van der Waals surface area (Å²) < 4.78 is 5.69. The Morgan fingerprint density at radius 3 is 2.62 bits per heavy atom. The zero-order chi connectivity index (χ0) is 17.1. The van der Waals surface area contributed by atoms with Crippen molar-refractivity contribution in [2.24, 2.45) is 34.5 Å². The summed E-state index contributed by atoms with van der Waals surface area (Å²) in [6.45, 7) is 6.21. The molecule has 24 heavy (non-hydrogen) atoms. The third-order valence-electron chi connectivity index (χ3n) is 8.22. The van der Waals surface area contributed by atoms with E-state index in [4.69, 9.17) is 4.74 Å². The summed E-state index contributed by atoms with van der Waals surface area (Å²) in [6.07, 6.45) is 11.7. The Balaban J connectivity index is 1.65. The van der Waals surface area contributed by atoms with Gasteiger partial charge in [-0.05, 0) is 61.7 Å². The van der Waals surface area contributed by atoms with Crippen molar-refractivity contribution in [3.05, 3.63) is 12.2 Å². The summed E-state index contributed by atoms with van der Waals surface area (Å²) >= 11 is 0. The zero-order valence-electron chi connectivity index (χ0n) is 15.2. The molecule has 7 atom stereocenters. The number of rotatable bonds is 1. The Morgan fingerprint density at radius 1 is 1.12 bits per heavy atom. The zero-order valence-corrected chi connectivity index (χ0v) is 15.2. The molecule has 0 aromatic heterocycles. The first-order chi connectivity index (χ1) is 11.4. The Hall–Kier alpha value is -1.12. The Bertz CT molecular complexity index is 594. The number of ketones is 1. The minimum Gasteiger partial charge on any atom is -0.462 e. The van der Waals surface area contributed by atoms with Crippen LogP contribution in [0.4, 0.5) is 0 Å². The molecule has 0 bridgehead atoms. The van der Waals surface area contributed by atoms with Crippen LogP contribution in [0.25, 0.3) is 0 Å². The smallest absolute Gasteiger partial charge is 0.302 e. The highest BCUT2D eigenvalue weighted by Gasteiger charge is 2.62. The number of carbonyl (C=O) groups is 2. The van der Waals surface area contributed by atoms with Crippen LogP contribution in [0.15, 0.2) is 12.2 Å². The van der Waals surface area contributed by atoms with Gasteiger partial charge in [0.05, 0.1) is 0 Å². The monoisotopic (exact) mass is 330 g/mol. The van der Waals surface area contributed by atoms with Gasteiger partial charge in [-0.15, -0.1) is 0 Å². The fraction of sp³-hybridized carbons (Fsp3) is 0.810. The van der Waals surface area contributed by atoms with E-state index in [1.807, 2.05) is 0 Å². The lowest BCUT2D eigenvalue weighted by Crippen LogP contribution is -2.55. The van der Waals surface area contributed by atoms with Crippen molar-refractivity contribution in [3.63, 3.8) is 0 Å². The van der Waals surface area contributed by atoms with Gasteiger partial charge < -0.3 is 4.74 Å². The second-order valence-electron chi connectivity index (χ2n) is 9.24. The van der Waals surface area contributed by atoms with Gasteiger partial charge in [0.1, 0.15) is 11.9 Å². The van der Waals surface area contributed by atoms with Crippen LogP contribution in [0.5, 0.6) is 0 Å². The predicted molar refractivity (Wildman–Crippen MR) is 92.2 cm³/mol. The second-order valence-corrected chi connectivity index (χ2v) is 9.24. The van der Waals surface area contributed by atoms with Gasteiger partial charge in [0, 0.05) is 24.7 Å². The summed E-state index contributed by atoms with van der Waals surface area (Å²) in [4.78, 5) is 24.4. The molecule has 3 heteroatoms. The summed E-state index contributed by atoms with van der Waals surface area (Å²) in [5.74, 6) is 2.24. The standard InChI is InChI=1S/C21H30O3/c1-13(22)24-19-8-7-15-14-12-18(23)17-6-4-5-10-20(17,2)16(14)9-11-21(15,19)3/h4-5,14-17,19H,6-12H2,1-3H3/t14-,15-,16-,17+,19-,20+,21-/m0/s1. The third kappa shape index (κ3) is 2.16. The summed E-state index contributed by atoms with van der Waals surface area (Å²) in [5.41, 5.74) is 0.219. The normalized spacial score (nSPS) is 50.0. The Labute approximate surface area is 145 Å². The molecule has 0 heterocycles. The van der Waals surface area contributed by atoms with E-state index >= 15 is 0 Å². The summed E-state index contributed by atoms with van der Waals surface area (Å²) in [7, 11) is 0. The SMILES string of the molecule is CC(=O)O[C@H]1CC[C@H]2[C@@H]3CC(=O)[C@H]4CC=CC[C@]4(C)[C@H]3CC[C@]12C. The van der Waals surface area contributed by atoms with Crippen molar-refractivity contribution in [2.45, 2.75) is 71.8 Å². The molecule has 0 radical (unpaired) electrons. The highest BCUT2D eigenvalue weighted by atomic mass is 16.5. The molecule has 3 fully saturated rings. The van der Waals surface area contributed by atoms with Gasteiger partial charge in [-0.2, -0.15) is 0 Å². The second kappa shape index (κ2) is 5.44. The maximum absolute atomic E-state index is 12.9. The highest BCUT2D eigenvalue weighted by Crippen LogP contribution is 2.65. The molecular weight excluding hydrogens is 300 g/mol. The average Bonchev–Trinajstić information content (AvgIpc) is 2.84. The van der Waals surface area contributed by atoms with Crippen molar-refractivity contribution < 1.29 is 14.3 Å². The molecule has 0 saturated heterocycles. The topological polar surface area (TPSA) is 43.4 Å². The fourth-order valence-corrected chi connectivity index (χ4v) is 7.00. The predicted octanol–water partition coefficient (Wildman–Crippen LogP) is 4.31. The number of hydrogen-bond acceptors (Lipinski definition) is 3. The van der Waals surface area contributed by atoms with Crippen molar-refractivity contribution >= 4 is 11.8 Å². The molecule has 4 rings (SSSR count). The fourth-order valence-electron chi connectivity index (χ4n) is 7.00. The van der Waals surface area contributed by atoms with Crippen LogP contribution >= 0.6 is 0 Å². The van der Waals surface area contributed by atoms with Crippen LogP contribution in [0, 0.1) is 34.5 Å². The van der Waals surface area contributed by atoms with Crippen molar-refractivity contribution in [3.8, 4) is 0 Å². The van der Waals surface area contributed by atoms with E-state index in [1.165, 1.54) is 13.3 Å². The van der Waals surface area contributed by atoms with Crippen molar-refractivity contribution in [1.82, 2.24) is 0 Å². The van der Waals surface area contributed by atoms with Crippen LogP contribution < -0.4 is 0 Å². The van der Waals surface area contributed by atoms with E-state index in [9.17, 15) is 9.59 Å².